The van der Waals surface area contributed by atoms with Crippen molar-refractivity contribution >= 4 is 24.4 Å². The zero-order valence-electron chi connectivity index (χ0n) is 13.5. The van der Waals surface area contributed by atoms with Crippen molar-refractivity contribution in [3.8, 4) is 0 Å². The first kappa shape index (κ1) is 18.0. The Labute approximate surface area is 135 Å². The number of aryl methyl sites for hydroxylation is 2. The van der Waals surface area contributed by atoms with Gasteiger partial charge in [-0.2, -0.15) is 24.4 Å². The molecule has 0 N–H and O–H groups in total. The summed E-state index contributed by atoms with van der Waals surface area (Å²) in [5, 5.41) is 0. The van der Waals surface area contributed by atoms with Crippen molar-refractivity contribution in [3.05, 3.63) is 34.9 Å². The van der Waals surface area contributed by atoms with Crippen LogP contribution in [0.2, 0.25) is 0 Å². The molecule has 0 unspecified atom stereocenters. The second-order valence-electron chi connectivity index (χ2n) is 6.15. The smallest absolute Gasteiger partial charge is 0.0184 e. The maximum absolute atomic E-state index is 4.65. The van der Waals surface area contributed by atoms with E-state index in [0.717, 1.165) is 11.5 Å². The quantitative estimate of drug-likeness (QED) is 0.541. The van der Waals surface area contributed by atoms with Crippen LogP contribution in [0.3, 0.4) is 0 Å². The molecule has 0 amide bonds. The van der Waals surface area contributed by atoms with Crippen LogP contribution in [-0.4, -0.2) is 11.5 Å². The Bertz CT molecular complexity index is 372. The van der Waals surface area contributed by atoms with Crippen LogP contribution in [-0.2, 0) is 5.75 Å². The molecule has 0 spiro atoms. The van der Waals surface area contributed by atoms with Gasteiger partial charge in [0, 0.05) is 11.5 Å². The van der Waals surface area contributed by atoms with E-state index in [2.05, 4.69) is 70.3 Å². The maximum atomic E-state index is 4.65. The van der Waals surface area contributed by atoms with E-state index >= 15 is 0 Å². The summed E-state index contributed by atoms with van der Waals surface area (Å²) >= 11 is 6.74. The van der Waals surface area contributed by atoms with Gasteiger partial charge in [0.1, 0.15) is 0 Å². The summed E-state index contributed by atoms with van der Waals surface area (Å²) in [7, 11) is 0. The summed E-state index contributed by atoms with van der Waals surface area (Å²) in [6, 6.07) is 6.89. The predicted octanol–water partition coefficient (Wildman–Crippen LogP) is 6.05. The summed E-state index contributed by atoms with van der Waals surface area (Å²) in [5.41, 5.74) is 4.66. The molecule has 0 saturated carbocycles. The third-order valence-corrected chi connectivity index (χ3v) is 5.88. The lowest BCUT2D eigenvalue weighted by Gasteiger charge is -2.31. The highest BCUT2D eigenvalue weighted by molar-refractivity contribution is 7.98. The van der Waals surface area contributed by atoms with Crippen molar-refractivity contribution in [2.24, 2.45) is 5.41 Å². The van der Waals surface area contributed by atoms with Crippen LogP contribution in [0.15, 0.2) is 18.2 Å². The molecule has 0 fully saturated rings. The molecule has 0 atom stereocenters. The molecule has 0 aliphatic heterocycles. The normalized spacial score (nSPS) is 11.8. The summed E-state index contributed by atoms with van der Waals surface area (Å²) < 4.78 is 0. The monoisotopic (exact) mass is 310 g/mol. The van der Waals surface area contributed by atoms with Gasteiger partial charge in [-0.15, -0.1) is 0 Å². The van der Waals surface area contributed by atoms with Crippen molar-refractivity contribution < 1.29 is 0 Å². The first-order valence-electron chi connectivity index (χ1n) is 7.81. The van der Waals surface area contributed by atoms with Gasteiger partial charge in [-0.05, 0) is 43.4 Å². The van der Waals surface area contributed by atoms with E-state index in [4.69, 9.17) is 0 Å². The highest BCUT2D eigenvalue weighted by Crippen LogP contribution is 2.36. The fourth-order valence-electron chi connectivity index (χ4n) is 3.07. The molecule has 0 heterocycles. The highest BCUT2D eigenvalue weighted by atomic mass is 32.2. The summed E-state index contributed by atoms with van der Waals surface area (Å²) in [4.78, 5) is 0. The van der Waals surface area contributed by atoms with Gasteiger partial charge >= 0.3 is 0 Å². The van der Waals surface area contributed by atoms with Crippen LogP contribution in [0.5, 0.6) is 0 Å². The molecular formula is C18H30S2. The van der Waals surface area contributed by atoms with Gasteiger partial charge in [-0.3, -0.25) is 0 Å². The lowest BCUT2D eigenvalue weighted by atomic mass is 9.83. The molecule has 20 heavy (non-hydrogen) atoms. The number of thiol groups is 1. The average Bonchev–Trinajstić information content (AvgIpc) is 2.38. The van der Waals surface area contributed by atoms with Crippen molar-refractivity contribution in [1.29, 1.82) is 0 Å². The Morgan fingerprint density at radius 2 is 1.55 bits per heavy atom. The number of hydrogen-bond acceptors (Lipinski definition) is 2. The molecule has 2 heteroatoms. The Balaban J connectivity index is 2.59. The topological polar surface area (TPSA) is 0 Å². The fraction of sp³-hybridized carbons (Fsp3) is 0.667. The SMILES string of the molecule is CCCC(CS)(CCC)CSCc1cc(C)cc(C)c1. The largest absolute Gasteiger partial charge is 0.179 e. The number of thioether (sulfide) groups is 1. The fourth-order valence-corrected chi connectivity index (χ4v) is 4.98. The summed E-state index contributed by atoms with van der Waals surface area (Å²) in [6.45, 7) is 8.96. The molecule has 1 rings (SSSR count). The maximum Gasteiger partial charge on any atom is 0.0184 e. The molecule has 0 nitrogen and oxygen atoms in total. The lowest BCUT2D eigenvalue weighted by molar-refractivity contribution is 0.318. The first-order chi connectivity index (χ1) is 9.55. The third-order valence-electron chi connectivity index (χ3n) is 3.85. The van der Waals surface area contributed by atoms with Gasteiger partial charge in [0.2, 0.25) is 0 Å². The van der Waals surface area contributed by atoms with Crippen LogP contribution in [0, 0.1) is 19.3 Å². The molecule has 1 aromatic carbocycles. The van der Waals surface area contributed by atoms with E-state index in [1.54, 1.807) is 0 Å². The first-order valence-corrected chi connectivity index (χ1v) is 9.59. The highest BCUT2D eigenvalue weighted by Gasteiger charge is 2.26. The molecule has 0 saturated heterocycles. The van der Waals surface area contributed by atoms with Crippen molar-refractivity contribution in [1.82, 2.24) is 0 Å². The molecule has 1 aromatic rings. The molecule has 0 aliphatic carbocycles. The molecular weight excluding hydrogens is 280 g/mol. The van der Waals surface area contributed by atoms with Gasteiger partial charge in [-0.25, -0.2) is 0 Å². The van der Waals surface area contributed by atoms with Crippen LogP contribution in [0.4, 0.5) is 0 Å². The summed E-state index contributed by atoms with van der Waals surface area (Å²) in [5.74, 6) is 3.39. The van der Waals surface area contributed by atoms with E-state index in [1.807, 2.05) is 0 Å². The molecule has 0 aromatic heterocycles. The van der Waals surface area contributed by atoms with Crippen LogP contribution < -0.4 is 0 Å². The van der Waals surface area contributed by atoms with Crippen LogP contribution >= 0.6 is 24.4 Å². The Kier molecular flexibility index (Phi) is 8.13. The van der Waals surface area contributed by atoms with E-state index < -0.39 is 0 Å². The molecule has 0 radical (unpaired) electrons. The molecule has 0 bridgehead atoms. The van der Waals surface area contributed by atoms with E-state index in [0.29, 0.717) is 5.41 Å². The Hall–Kier alpha value is -0.0800. The predicted molar refractivity (Wildman–Crippen MR) is 98.2 cm³/mol. The van der Waals surface area contributed by atoms with Crippen molar-refractivity contribution in [3.63, 3.8) is 0 Å². The van der Waals surface area contributed by atoms with Crippen LogP contribution in [0.1, 0.15) is 56.2 Å². The van der Waals surface area contributed by atoms with Crippen molar-refractivity contribution in [2.45, 2.75) is 59.1 Å². The third kappa shape index (κ3) is 5.73. The van der Waals surface area contributed by atoms with Gasteiger partial charge in [0.15, 0.2) is 0 Å². The zero-order chi connectivity index (χ0) is 15.0. The van der Waals surface area contributed by atoms with Crippen molar-refractivity contribution in [2.75, 3.05) is 11.5 Å². The summed E-state index contributed by atoms with van der Waals surface area (Å²) in [6.07, 6.45) is 5.16. The van der Waals surface area contributed by atoms with E-state index in [-0.39, 0.29) is 0 Å². The number of rotatable bonds is 9. The number of hydrogen-bond donors (Lipinski definition) is 1. The van der Waals surface area contributed by atoms with Gasteiger partial charge in [-0.1, -0.05) is 56.0 Å². The molecule has 114 valence electrons. The van der Waals surface area contributed by atoms with E-state index in [9.17, 15) is 0 Å². The van der Waals surface area contributed by atoms with Gasteiger partial charge in [0.05, 0.1) is 0 Å². The Morgan fingerprint density at radius 3 is 2.00 bits per heavy atom. The Morgan fingerprint density at radius 1 is 1.00 bits per heavy atom. The van der Waals surface area contributed by atoms with Crippen LogP contribution in [0.25, 0.3) is 0 Å². The standard InChI is InChI=1S/C18H30S2/c1-5-7-18(13-19,8-6-2)14-20-12-17-10-15(3)9-16(4)11-17/h9-11,19H,5-8,12-14H2,1-4H3. The second-order valence-corrected chi connectivity index (χ2v) is 7.45. The molecule has 0 aliphatic rings. The van der Waals surface area contributed by atoms with E-state index in [1.165, 1.54) is 48.1 Å². The lowest BCUT2D eigenvalue weighted by Crippen LogP contribution is -2.26. The zero-order valence-corrected chi connectivity index (χ0v) is 15.2. The minimum atomic E-state index is 0.441. The average molecular weight is 311 g/mol. The minimum Gasteiger partial charge on any atom is -0.179 e. The minimum absolute atomic E-state index is 0.441. The number of benzene rings is 1. The van der Waals surface area contributed by atoms with Gasteiger partial charge in [0.25, 0.3) is 0 Å². The van der Waals surface area contributed by atoms with Gasteiger partial charge < -0.3 is 0 Å². The second kappa shape index (κ2) is 9.04.